The third kappa shape index (κ3) is 1.92. The Morgan fingerprint density at radius 2 is 2.18 bits per heavy atom. The molecule has 8 heteroatoms. The van der Waals surface area contributed by atoms with E-state index in [0.717, 1.165) is 6.54 Å². The van der Waals surface area contributed by atoms with Gasteiger partial charge in [0.1, 0.15) is 6.33 Å². The maximum absolute atomic E-state index is 4.22. The quantitative estimate of drug-likeness (QED) is 0.669. The highest BCUT2D eigenvalue weighted by Crippen LogP contribution is 2.08. The standard InChI is InChI=1S/C9H10N8/c1-4-16-7-13-14-9(16)8(10-1)11-2-5-17-6-3-12-15-17/h1,3-4,6-7H,2,5H2,(H,10,11). The Morgan fingerprint density at radius 1 is 1.18 bits per heavy atom. The highest BCUT2D eigenvalue weighted by atomic mass is 15.4. The third-order valence-electron chi connectivity index (χ3n) is 2.32. The minimum Gasteiger partial charge on any atom is -0.365 e. The highest BCUT2D eigenvalue weighted by molar-refractivity contribution is 5.61. The molecule has 0 atom stereocenters. The summed E-state index contributed by atoms with van der Waals surface area (Å²) in [6.07, 6.45) is 8.61. The molecule has 0 unspecified atom stereocenters. The lowest BCUT2D eigenvalue weighted by molar-refractivity contribution is 0.608. The summed E-state index contributed by atoms with van der Waals surface area (Å²) in [6, 6.07) is 0. The normalized spacial score (nSPS) is 10.8. The summed E-state index contributed by atoms with van der Waals surface area (Å²) >= 11 is 0. The summed E-state index contributed by atoms with van der Waals surface area (Å²) in [4.78, 5) is 4.22. The van der Waals surface area contributed by atoms with Crippen molar-refractivity contribution in [2.24, 2.45) is 0 Å². The zero-order valence-electron chi connectivity index (χ0n) is 8.93. The predicted molar refractivity (Wildman–Crippen MR) is 59.3 cm³/mol. The number of hydrogen-bond acceptors (Lipinski definition) is 6. The van der Waals surface area contributed by atoms with Gasteiger partial charge in [-0.2, -0.15) is 0 Å². The molecule has 0 aromatic carbocycles. The molecule has 3 aromatic heterocycles. The predicted octanol–water partition coefficient (Wildman–Crippen LogP) is -0.172. The van der Waals surface area contributed by atoms with Crippen molar-refractivity contribution in [1.29, 1.82) is 0 Å². The smallest absolute Gasteiger partial charge is 0.203 e. The van der Waals surface area contributed by atoms with E-state index < -0.39 is 0 Å². The van der Waals surface area contributed by atoms with Gasteiger partial charge in [0.2, 0.25) is 5.65 Å². The van der Waals surface area contributed by atoms with Crippen molar-refractivity contribution in [3.05, 3.63) is 31.1 Å². The fourth-order valence-corrected chi connectivity index (χ4v) is 1.52. The lowest BCUT2D eigenvalue weighted by Crippen LogP contribution is -2.12. The summed E-state index contributed by atoms with van der Waals surface area (Å²) in [5, 5.41) is 18.6. The molecule has 3 rings (SSSR count). The van der Waals surface area contributed by atoms with E-state index in [0.29, 0.717) is 18.0 Å². The Bertz CT molecular complexity index is 598. The van der Waals surface area contributed by atoms with Gasteiger partial charge in [0.05, 0.1) is 12.7 Å². The topological polar surface area (TPSA) is 85.8 Å². The molecular weight excluding hydrogens is 220 g/mol. The molecule has 86 valence electrons. The summed E-state index contributed by atoms with van der Waals surface area (Å²) in [7, 11) is 0. The van der Waals surface area contributed by atoms with Crippen molar-refractivity contribution in [3.8, 4) is 0 Å². The van der Waals surface area contributed by atoms with Gasteiger partial charge in [-0.25, -0.2) is 4.98 Å². The van der Waals surface area contributed by atoms with Crippen LogP contribution in [0.2, 0.25) is 0 Å². The van der Waals surface area contributed by atoms with Gasteiger partial charge in [0, 0.05) is 25.1 Å². The minimum absolute atomic E-state index is 0.697. The van der Waals surface area contributed by atoms with Gasteiger partial charge in [-0.05, 0) is 0 Å². The van der Waals surface area contributed by atoms with E-state index in [1.165, 1.54) is 0 Å². The van der Waals surface area contributed by atoms with Gasteiger partial charge in [0.25, 0.3) is 0 Å². The van der Waals surface area contributed by atoms with Gasteiger partial charge in [-0.1, -0.05) is 5.21 Å². The van der Waals surface area contributed by atoms with Crippen LogP contribution < -0.4 is 5.32 Å². The minimum atomic E-state index is 0.697. The molecule has 0 aliphatic carbocycles. The first-order valence-electron chi connectivity index (χ1n) is 5.16. The fraction of sp³-hybridized carbons (Fsp3) is 0.222. The molecule has 3 aromatic rings. The molecule has 1 N–H and O–H groups in total. The van der Waals surface area contributed by atoms with Crippen LogP contribution in [0.5, 0.6) is 0 Å². The van der Waals surface area contributed by atoms with Crippen LogP contribution in [0.1, 0.15) is 0 Å². The molecule has 0 saturated heterocycles. The number of anilines is 1. The van der Waals surface area contributed by atoms with E-state index in [4.69, 9.17) is 0 Å². The van der Waals surface area contributed by atoms with Crippen molar-refractivity contribution >= 4 is 11.5 Å². The Labute approximate surface area is 96.3 Å². The first kappa shape index (κ1) is 9.70. The molecule has 0 spiro atoms. The summed E-state index contributed by atoms with van der Waals surface area (Å²) < 4.78 is 3.56. The van der Waals surface area contributed by atoms with Crippen molar-refractivity contribution in [2.45, 2.75) is 6.54 Å². The van der Waals surface area contributed by atoms with Crippen LogP contribution in [-0.2, 0) is 6.54 Å². The maximum Gasteiger partial charge on any atom is 0.203 e. The molecule has 3 heterocycles. The van der Waals surface area contributed by atoms with Gasteiger partial charge in [-0.3, -0.25) is 9.08 Å². The van der Waals surface area contributed by atoms with Gasteiger partial charge in [0.15, 0.2) is 5.82 Å². The van der Waals surface area contributed by atoms with Crippen LogP contribution in [0.3, 0.4) is 0 Å². The number of rotatable bonds is 4. The summed E-state index contributed by atoms with van der Waals surface area (Å²) in [5.41, 5.74) is 0.714. The number of nitrogens with zero attached hydrogens (tertiary/aromatic N) is 7. The summed E-state index contributed by atoms with van der Waals surface area (Å²) in [5.74, 6) is 0.713. The Balaban J connectivity index is 1.70. The third-order valence-corrected chi connectivity index (χ3v) is 2.32. The second kappa shape index (κ2) is 4.16. The van der Waals surface area contributed by atoms with E-state index in [9.17, 15) is 0 Å². The Hall–Kier alpha value is -2.51. The molecular formula is C9H10N8. The molecule has 0 bridgehead atoms. The highest BCUT2D eigenvalue weighted by Gasteiger charge is 2.03. The van der Waals surface area contributed by atoms with Crippen LogP contribution in [0.15, 0.2) is 31.1 Å². The Kier molecular flexibility index (Phi) is 2.37. The molecule has 0 amide bonds. The molecule has 0 fully saturated rings. The first-order valence-corrected chi connectivity index (χ1v) is 5.16. The Morgan fingerprint density at radius 3 is 3.06 bits per heavy atom. The molecule has 8 nitrogen and oxygen atoms in total. The van der Waals surface area contributed by atoms with Crippen LogP contribution in [0.4, 0.5) is 5.82 Å². The largest absolute Gasteiger partial charge is 0.365 e. The van der Waals surface area contributed by atoms with E-state index in [2.05, 4.69) is 30.8 Å². The fourth-order valence-electron chi connectivity index (χ4n) is 1.52. The van der Waals surface area contributed by atoms with Crippen molar-refractivity contribution in [1.82, 2.24) is 34.6 Å². The van der Waals surface area contributed by atoms with Crippen molar-refractivity contribution in [3.63, 3.8) is 0 Å². The SMILES string of the molecule is c1cn(CCNc2nccn3cnnc23)nn1. The molecule has 0 aliphatic rings. The van der Waals surface area contributed by atoms with E-state index in [-0.39, 0.29) is 0 Å². The first-order chi connectivity index (χ1) is 8.43. The zero-order valence-corrected chi connectivity index (χ0v) is 8.93. The summed E-state index contributed by atoms with van der Waals surface area (Å²) in [6.45, 7) is 1.42. The molecule has 0 radical (unpaired) electrons. The van der Waals surface area contributed by atoms with Gasteiger partial charge < -0.3 is 5.32 Å². The van der Waals surface area contributed by atoms with Gasteiger partial charge >= 0.3 is 0 Å². The average Bonchev–Trinajstić information content (AvgIpc) is 2.99. The van der Waals surface area contributed by atoms with E-state index in [1.807, 2.05) is 10.6 Å². The number of fused-ring (bicyclic) bond motifs is 1. The molecule has 0 saturated carbocycles. The number of aromatic nitrogens is 7. The monoisotopic (exact) mass is 230 g/mol. The molecule has 0 aliphatic heterocycles. The maximum atomic E-state index is 4.22. The van der Waals surface area contributed by atoms with Crippen LogP contribution in [0, 0.1) is 0 Å². The number of hydrogen-bond donors (Lipinski definition) is 1. The van der Waals surface area contributed by atoms with Crippen LogP contribution in [0.25, 0.3) is 5.65 Å². The molecule has 17 heavy (non-hydrogen) atoms. The average molecular weight is 230 g/mol. The lowest BCUT2D eigenvalue weighted by atomic mass is 10.5. The van der Waals surface area contributed by atoms with E-state index >= 15 is 0 Å². The van der Waals surface area contributed by atoms with Crippen LogP contribution in [-0.4, -0.2) is 41.1 Å². The van der Waals surface area contributed by atoms with Crippen molar-refractivity contribution in [2.75, 3.05) is 11.9 Å². The van der Waals surface area contributed by atoms with Crippen molar-refractivity contribution < 1.29 is 0 Å². The zero-order chi connectivity index (χ0) is 11.5. The van der Waals surface area contributed by atoms with E-state index in [1.54, 1.807) is 29.6 Å². The second-order valence-electron chi connectivity index (χ2n) is 3.43. The second-order valence-corrected chi connectivity index (χ2v) is 3.43. The number of nitrogens with one attached hydrogen (secondary N) is 1. The lowest BCUT2D eigenvalue weighted by Gasteiger charge is -2.05. The van der Waals surface area contributed by atoms with Crippen LogP contribution >= 0.6 is 0 Å². The van der Waals surface area contributed by atoms with Gasteiger partial charge in [-0.15, -0.1) is 15.3 Å².